The standard InChI is InChI=1S/C11H18N2O3/c1-3-5-6-7-9(8-12)10(14)13-11(15)16-4-2/h9H,3-7H2,1-2H3,(H,13,14,15). The van der Waals surface area contributed by atoms with Crippen LogP contribution in [0.25, 0.3) is 0 Å². The summed E-state index contributed by atoms with van der Waals surface area (Å²) in [7, 11) is 0. The molecular formula is C11H18N2O3. The van der Waals surface area contributed by atoms with Crippen LogP contribution in [-0.4, -0.2) is 18.6 Å². The molecule has 0 aliphatic carbocycles. The molecule has 0 heterocycles. The minimum absolute atomic E-state index is 0.201. The zero-order chi connectivity index (χ0) is 12.4. The summed E-state index contributed by atoms with van der Waals surface area (Å²) in [5.74, 6) is -1.34. The first-order valence-corrected chi connectivity index (χ1v) is 5.52. The average Bonchev–Trinajstić information content (AvgIpc) is 2.24. The number of nitrogens with zero attached hydrogens (tertiary/aromatic N) is 1. The van der Waals surface area contributed by atoms with Crippen molar-refractivity contribution in [3.8, 4) is 6.07 Å². The number of imide groups is 1. The van der Waals surface area contributed by atoms with E-state index in [1.54, 1.807) is 6.92 Å². The van der Waals surface area contributed by atoms with Crippen molar-refractivity contribution in [1.82, 2.24) is 5.32 Å². The van der Waals surface area contributed by atoms with E-state index >= 15 is 0 Å². The van der Waals surface area contributed by atoms with E-state index < -0.39 is 17.9 Å². The number of hydrogen-bond donors (Lipinski definition) is 1. The van der Waals surface area contributed by atoms with Crippen LogP contribution in [0.15, 0.2) is 0 Å². The molecule has 0 spiro atoms. The fourth-order valence-electron chi connectivity index (χ4n) is 1.21. The second-order valence-corrected chi connectivity index (χ2v) is 3.39. The number of unbranched alkanes of at least 4 members (excludes halogenated alkanes) is 2. The number of nitriles is 1. The Bertz CT molecular complexity index is 271. The highest BCUT2D eigenvalue weighted by Crippen LogP contribution is 2.09. The van der Waals surface area contributed by atoms with E-state index in [0.29, 0.717) is 6.42 Å². The highest BCUT2D eigenvalue weighted by Gasteiger charge is 2.19. The largest absolute Gasteiger partial charge is 0.450 e. The Labute approximate surface area is 95.8 Å². The van der Waals surface area contributed by atoms with Gasteiger partial charge < -0.3 is 4.74 Å². The Morgan fingerprint density at radius 3 is 2.56 bits per heavy atom. The average molecular weight is 226 g/mol. The Morgan fingerprint density at radius 2 is 2.06 bits per heavy atom. The molecular weight excluding hydrogens is 208 g/mol. The molecule has 0 rings (SSSR count). The van der Waals surface area contributed by atoms with E-state index in [2.05, 4.69) is 4.74 Å². The van der Waals surface area contributed by atoms with Crippen LogP contribution in [-0.2, 0) is 9.53 Å². The molecule has 0 aliphatic heterocycles. The monoisotopic (exact) mass is 226 g/mol. The predicted octanol–water partition coefficient (Wildman–Crippen LogP) is 1.98. The van der Waals surface area contributed by atoms with E-state index in [1.165, 1.54) is 0 Å². The van der Waals surface area contributed by atoms with Crippen molar-refractivity contribution >= 4 is 12.0 Å². The minimum Gasteiger partial charge on any atom is -0.450 e. The fourth-order valence-corrected chi connectivity index (χ4v) is 1.21. The summed E-state index contributed by atoms with van der Waals surface area (Å²) in [6.45, 7) is 3.89. The van der Waals surface area contributed by atoms with Crippen molar-refractivity contribution in [1.29, 1.82) is 5.26 Å². The van der Waals surface area contributed by atoms with Crippen LogP contribution in [0, 0.1) is 17.2 Å². The zero-order valence-electron chi connectivity index (χ0n) is 9.78. The molecule has 90 valence electrons. The van der Waals surface area contributed by atoms with Crippen molar-refractivity contribution in [3.05, 3.63) is 0 Å². The van der Waals surface area contributed by atoms with E-state index in [4.69, 9.17) is 5.26 Å². The highest BCUT2D eigenvalue weighted by molar-refractivity contribution is 5.94. The van der Waals surface area contributed by atoms with Gasteiger partial charge in [0.2, 0.25) is 5.91 Å². The topological polar surface area (TPSA) is 79.2 Å². The summed E-state index contributed by atoms with van der Waals surface area (Å²) in [5, 5.41) is 10.8. The third-order valence-corrected chi connectivity index (χ3v) is 2.07. The molecule has 0 fully saturated rings. The smallest absolute Gasteiger partial charge is 0.413 e. The highest BCUT2D eigenvalue weighted by atomic mass is 16.5. The number of carbonyl (C=O) groups is 2. The van der Waals surface area contributed by atoms with Gasteiger partial charge >= 0.3 is 6.09 Å². The Hall–Kier alpha value is -1.57. The second-order valence-electron chi connectivity index (χ2n) is 3.39. The molecule has 2 amide bonds. The molecule has 1 N–H and O–H groups in total. The normalized spacial score (nSPS) is 11.3. The molecule has 0 saturated heterocycles. The number of carbonyl (C=O) groups excluding carboxylic acids is 2. The molecule has 0 aromatic carbocycles. The van der Waals surface area contributed by atoms with Crippen LogP contribution in [0.3, 0.4) is 0 Å². The van der Waals surface area contributed by atoms with Crippen molar-refractivity contribution < 1.29 is 14.3 Å². The molecule has 5 nitrogen and oxygen atoms in total. The predicted molar refractivity (Wildman–Crippen MR) is 58.4 cm³/mol. The maximum atomic E-state index is 11.4. The number of nitrogens with one attached hydrogen (secondary N) is 1. The molecule has 0 bridgehead atoms. The maximum Gasteiger partial charge on any atom is 0.413 e. The lowest BCUT2D eigenvalue weighted by atomic mass is 10.0. The van der Waals surface area contributed by atoms with Gasteiger partial charge in [-0.05, 0) is 13.3 Å². The van der Waals surface area contributed by atoms with E-state index in [0.717, 1.165) is 19.3 Å². The van der Waals surface area contributed by atoms with Crippen molar-refractivity contribution in [2.24, 2.45) is 5.92 Å². The second kappa shape index (κ2) is 8.72. The number of alkyl carbamates (subject to hydrolysis) is 1. The number of rotatable bonds is 6. The SMILES string of the molecule is CCCCCC(C#N)C(=O)NC(=O)OCC. The molecule has 0 aromatic heterocycles. The van der Waals surface area contributed by atoms with Crippen molar-refractivity contribution in [2.45, 2.75) is 39.5 Å². The van der Waals surface area contributed by atoms with E-state index in [-0.39, 0.29) is 6.61 Å². The van der Waals surface area contributed by atoms with Crippen LogP contribution < -0.4 is 5.32 Å². The first-order valence-electron chi connectivity index (χ1n) is 5.52. The summed E-state index contributed by atoms with van der Waals surface area (Å²) in [6, 6.07) is 1.89. The minimum atomic E-state index is -0.789. The van der Waals surface area contributed by atoms with Crippen LogP contribution in [0.2, 0.25) is 0 Å². The van der Waals surface area contributed by atoms with Gasteiger partial charge in [-0.2, -0.15) is 5.26 Å². The van der Waals surface area contributed by atoms with Gasteiger partial charge in [-0.3, -0.25) is 10.1 Å². The third kappa shape index (κ3) is 6.02. The fraction of sp³-hybridized carbons (Fsp3) is 0.727. The van der Waals surface area contributed by atoms with Gasteiger partial charge in [0, 0.05) is 0 Å². The van der Waals surface area contributed by atoms with Gasteiger partial charge in [0.15, 0.2) is 0 Å². The summed E-state index contributed by atoms with van der Waals surface area (Å²) >= 11 is 0. The van der Waals surface area contributed by atoms with E-state index in [1.807, 2.05) is 18.3 Å². The number of ether oxygens (including phenoxy) is 1. The number of hydrogen-bond acceptors (Lipinski definition) is 4. The Balaban J connectivity index is 4.01. The van der Waals surface area contributed by atoms with Crippen molar-refractivity contribution in [3.63, 3.8) is 0 Å². The molecule has 0 aliphatic rings. The van der Waals surface area contributed by atoms with Gasteiger partial charge in [-0.15, -0.1) is 0 Å². The first kappa shape index (κ1) is 14.4. The Kier molecular flexibility index (Phi) is 7.86. The van der Waals surface area contributed by atoms with Crippen molar-refractivity contribution in [2.75, 3.05) is 6.61 Å². The van der Waals surface area contributed by atoms with E-state index in [9.17, 15) is 9.59 Å². The van der Waals surface area contributed by atoms with Gasteiger partial charge in [0.1, 0.15) is 5.92 Å². The maximum absolute atomic E-state index is 11.4. The lowest BCUT2D eigenvalue weighted by Gasteiger charge is -2.08. The quantitative estimate of drug-likeness (QED) is 0.702. The molecule has 16 heavy (non-hydrogen) atoms. The van der Waals surface area contributed by atoms with Gasteiger partial charge in [-0.1, -0.05) is 26.2 Å². The molecule has 1 unspecified atom stereocenters. The first-order chi connectivity index (χ1) is 7.65. The molecule has 0 saturated carbocycles. The molecule has 0 aromatic rings. The van der Waals surface area contributed by atoms with Crippen LogP contribution in [0.4, 0.5) is 4.79 Å². The molecule has 5 heteroatoms. The summed E-state index contributed by atoms with van der Waals surface area (Å²) < 4.78 is 4.55. The van der Waals surface area contributed by atoms with Gasteiger partial charge in [0.25, 0.3) is 0 Å². The number of amides is 2. The van der Waals surface area contributed by atoms with Crippen LogP contribution in [0.5, 0.6) is 0 Å². The molecule has 1 atom stereocenters. The van der Waals surface area contributed by atoms with Gasteiger partial charge in [-0.25, -0.2) is 4.79 Å². The Morgan fingerprint density at radius 1 is 1.38 bits per heavy atom. The summed E-state index contributed by atoms with van der Waals surface area (Å²) in [5.41, 5.74) is 0. The van der Waals surface area contributed by atoms with Gasteiger partial charge in [0.05, 0.1) is 12.7 Å². The van der Waals surface area contributed by atoms with Crippen LogP contribution in [0.1, 0.15) is 39.5 Å². The lowest BCUT2D eigenvalue weighted by Crippen LogP contribution is -2.35. The third-order valence-electron chi connectivity index (χ3n) is 2.07. The lowest BCUT2D eigenvalue weighted by molar-refractivity contribution is -0.122. The summed E-state index contributed by atoms with van der Waals surface area (Å²) in [4.78, 5) is 22.4. The molecule has 0 radical (unpaired) electrons. The van der Waals surface area contributed by atoms with Crippen LogP contribution >= 0.6 is 0 Å². The zero-order valence-corrected chi connectivity index (χ0v) is 9.78. The summed E-state index contributed by atoms with van der Waals surface area (Å²) in [6.07, 6.45) is 2.51.